The fourth-order valence-corrected chi connectivity index (χ4v) is 4.01. The van der Waals surface area contributed by atoms with Crippen LogP contribution in [-0.2, 0) is 6.54 Å². The third kappa shape index (κ3) is 3.83. The van der Waals surface area contributed by atoms with Gasteiger partial charge in [-0.25, -0.2) is 4.39 Å². The van der Waals surface area contributed by atoms with Crippen molar-refractivity contribution in [1.82, 2.24) is 14.7 Å². The molecule has 154 valence electrons. The van der Waals surface area contributed by atoms with E-state index in [4.69, 9.17) is 11.1 Å². The van der Waals surface area contributed by atoms with Crippen LogP contribution in [0.5, 0.6) is 0 Å². The van der Waals surface area contributed by atoms with Crippen molar-refractivity contribution >= 4 is 28.6 Å². The molecule has 2 heterocycles. The van der Waals surface area contributed by atoms with Crippen LogP contribution in [0.1, 0.15) is 28.8 Å². The van der Waals surface area contributed by atoms with E-state index in [1.807, 2.05) is 29.1 Å². The Morgan fingerprint density at radius 3 is 2.70 bits per heavy atom. The van der Waals surface area contributed by atoms with Gasteiger partial charge in [-0.15, -0.1) is 0 Å². The van der Waals surface area contributed by atoms with Crippen LogP contribution in [0.4, 0.5) is 4.39 Å². The number of carbonyl (C=O) groups is 1. The number of nitrogens with one attached hydrogen (secondary N) is 1. The zero-order chi connectivity index (χ0) is 21.1. The largest absolute Gasteiger partial charge is 0.404 e. The number of fused-ring (bicyclic) bond motifs is 1. The van der Waals surface area contributed by atoms with Gasteiger partial charge in [0.25, 0.3) is 5.91 Å². The molecular weight excluding hydrogens is 381 g/mol. The van der Waals surface area contributed by atoms with E-state index in [-0.39, 0.29) is 11.5 Å². The van der Waals surface area contributed by atoms with E-state index >= 15 is 0 Å². The van der Waals surface area contributed by atoms with E-state index in [9.17, 15) is 9.18 Å². The summed E-state index contributed by atoms with van der Waals surface area (Å²) in [4.78, 5) is 14.3. The number of nitrogens with two attached hydrogens (primary N) is 1. The Morgan fingerprint density at radius 2 is 2.00 bits per heavy atom. The predicted octanol–water partition coefficient (Wildman–Crippen LogP) is 3.68. The van der Waals surface area contributed by atoms with Crippen molar-refractivity contribution in [2.45, 2.75) is 19.4 Å². The Labute approximate surface area is 174 Å². The molecule has 0 spiro atoms. The number of nitrogens with zero attached hydrogens (tertiary/aromatic N) is 3. The molecule has 3 N–H and O–H groups in total. The van der Waals surface area contributed by atoms with Crippen LogP contribution in [0.15, 0.2) is 54.9 Å². The first-order chi connectivity index (χ1) is 14.6. The highest BCUT2D eigenvalue weighted by Gasteiger charge is 2.25. The fraction of sp³-hybridized carbons (Fsp3) is 0.261. The number of hydrogen-bond acceptors (Lipinski definition) is 4. The maximum Gasteiger partial charge on any atom is 0.256 e. The zero-order valence-electron chi connectivity index (χ0n) is 16.6. The van der Waals surface area contributed by atoms with E-state index in [1.165, 1.54) is 24.5 Å². The standard InChI is InChI=1S/C23H24FN5O/c24-21-4-2-1-3-20(21)23(30)28-9-7-16(8-10-28)15-29-22-6-5-17(19(12-25)13-26)11-18(22)14-27-29/h1-6,11-14,16,25H,7-10,15,26H2/b19-13+,25-12?. The van der Waals surface area contributed by atoms with Gasteiger partial charge in [-0.05, 0) is 48.6 Å². The molecule has 6 nitrogen and oxygen atoms in total. The highest BCUT2D eigenvalue weighted by molar-refractivity contribution is 6.09. The summed E-state index contributed by atoms with van der Waals surface area (Å²) >= 11 is 0. The lowest BCUT2D eigenvalue weighted by Crippen LogP contribution is -2.39. The van der Waals surface area contributed by atoms with E-state index < -0.39 is 5.82 Å². The van der Waals surface area contributed by atoms with Crippen molar-refractivity contribution in [3.05, 3.63) is 71.8 Å². The Bertz CT molecular complexity index is 1110. The lowest BCUT2D eigenvalue weighted by Gasteiger charge is -2.32. The molecule has 2 aromatic carbocycles. The number of piperidine rings is 1. The number of amides is 1. The number of hydrogen-bond donors (Lipinski definition) is 2. The minimum absolute atomic E-state index is 0.139. The summed E-state index contributed by atoms with van der Waals surface area (Å²) in [5.74, 6) is -0.306. The molecule has 1 aliphatic heterocycles. The fourth-order valence-electron chi connectivity index (χ4n) is 4.01. The average Bonchev–Trinajstić information content (AvgIpc) is 3.17. The maximum absolute atomic E-state index is 13.9. The Morgan fingerprint density at radius 1 is 1.23 bits per heavy atom. The normalized spacial score (nSPS) is 15.5. The minimum Gasteiger partial charge on any atom is -0.404 e. The Hall–Kier alpha value is -3.48. The summed E-state index contributed by atoms with van der Waals surface area (Å²) in [6.45, 7) is 2.01. The topological polar surface area (TPSA) is 88.0 Å². The predicted molar refractivity (Wildman–Crippen MR) is 116 cm³/mol. The van der Waals surface area contributed by atoms with Gasteiger partial charge in [-0.3, -0.25) is 9.48 Å². The quantitative estimate of drug-likeness (QED) is 0.635. The lowest BCUT2D eigenvalue weighted by atomic mass is 9.96. The summed E-state index contributed by atoms with van der Waals surface area (Å²) in [5, 5.41) is 13.0. The van der Waals surface area contributed by atoms with Crippen LogP contribution in [-0.4, -0.2) is 39.9 Å². The molecule has 0 saturated carbocycles. The molecule has 1 aromatic heterocycles. The molecule has 0 aliphatic carbocycles. The van der Waals surface area contributed by atoms with E-state index in [0.717, 1.165) is 35.9 Å². The first-order valence-corrected chi connectivity index (χ1v) is 10.0. The molecule has 0 radical (unpaired) electrons. The minimum atomic E-state index is -0.470. The Balaban J connectivity index is 1.42. The monoisotopic (exact) mass is 405 g/mol. The number of benzene rings is 2. The van der Waals surface area contributed by atoms with Gasteiger partial charge in [0, 0.05) is 43.0 Å². The van der Waals surface area contributed by atoms with E-state index in [1.54, 1.807) is 17.0 Å². The highest BCUT2D eigenvalue weighted by Crippen LogP contribution is 2.25. The van der Waals surface area contributed by atoms with Crippen LogP contribution < -0.4 is 5.73 Å². The van der Waals surface area contributed by atoms with Crippen LogP contribution in [0.3, 0.4) is 0 Å². The van der Waals surface area contributed by atoms with Gasteiger partial charge in [0.2, 0.25) is 0 Å². The second-order valence-corrected chi connectivity index (χ2v) is 7.58. The number of rotatable bonds is 5. The molecule has 1 fully saturated rings. The zero-order valence-corrected chi connectivity index (χ0v) is 16.6. The number of likely N-dealkylation sites (tertiary alicyclic amines) is 1. The van der Waals surface area contributed by atoms with E-state index in [0.29, 0.717) is 24.6 Å². The van der Waals surface area contributed by atoms with Crippen molar-refractivity contribution in [3.63, 3.8) is 0 Å². The molecule has 7 heteroatoms. The van der Waals surface area contributed by atoms with Crippen LogP contribution in [0, 0.1) is 17.1 Å². The van der Waals surface area contributed by atoms with Gasteiger partial charge in [-0.1, -0.05) is 18.2 Å². The van der Waals surface area contributed by atoms with Crippen LogP contribution in [0.2, 0.25) is 0 Å². The number of carbonyl (C=O) groups excluding carboxylic acids is 1. The molecule has 3 aromatic rings. The van der Waals surface area contributed by atoms with Gasteiger partial charge in [0.15, 0.2) is 0 Å². The first kappa shape index (κ1) is 19.8. The summed E-state index contributed by atoms with van der Waals surface area (Å²) in [6.07, 6.45) is 6.20. The molecule has 4 rings (SSSR count). The van der Waals surface area contributed by atoms with Crippen molar-refractivity contribution in [2.24, 2.45) is 11.7 Å². The molecule has 30 heavy (non-hydrogen) atoms. The summed E-state index contributed by atoms with van der Waals surface area (Å²) < 4.78 is 15.9. The lowest BCUT2D eigenvalue weighted by molar-refractivity contribution is 0.0677. The molecular formula is C23H24FN5O. The third-order valence-corrected chi connectivity index (χ3v) is 5.75. The second kappa shape index (κ2) is 8.49. The molecule has 1 amide bonds. The SMILES string of the molecule is N=C/C(=C\N)c1ccc2c(cnn2CC2CCN(C(=O)c3ccccc3F)CC2)c1. The average molecular weight is 405 g/mol. The molecule has 0 unspecified atom stereocenters. The molecule has 0 atom stereocenters. The van der Waals surface area contributed by atoms with Gasteiger partial charge in [0.1, 0.15) is 5.82 Å². The van der Waals surface area contributed by atoms with Crippen molar-refractivity contribution in [1.29, 1.82) is 5.41 Å². The third-order valence-electron chi connectivity index (χ3n) is 5.75. The molecule has 0 bridgehead atoms. The first-order valence-electron chi connectivity index (χ1n) is 10.0. The number of allylic oxidation sites excluding steroid dienone is 1. The summed E-state index contributed by atoms with van der Waals surface area (Å²) in [7, 11) is 0. The van der Waals surface area contributed by atoms with Gasteiger partial charge in [-0.2, -0.15) is 5.10 Å². The van der Waals surface area contributed by atoms with Gasteiger partial charge < -0.3 is 16.0 Å². The molecule has 1 saturated heterocycles. The number of halogens is 1. The second-order valence-electron chi connectivity index (χ2n) is 7.58. The van der Waals surface area contributed by atoms with Crippen molar-refractivity contribution in [3.8, 4) is 0 Å². The van der Waals surface area contributed by atoms with Crippen LogP contribution in [0.25, 0.3) is 16.5 Å². The van der Waals surface area contributed by atoms with Crippen molar-refractivity contribution < 1.29 is 9.18 Å². The Kier molecular flexibility index (Phi) is 5.61. The summed E-state index contributed by atoms with van der Waals surface area (Å²) in [5.41, 5.74) is 8.31. The maximum atomic E-state index is 13.9. The molecule has 1 aliphatic rings. The summed E-state index contributed by atoms with van der Waals surface area (Å²) in [6, 6.07) is 12.1. The highest BCUT2D eigenvalue weighted by atomic mass is 19.1. The van der Waals surface area contributed by atoms with E-state index in [2.05, 4.69) is 5.10 Å². The van der Waals surface area contributed by atoms with Crippen molar-refractivity contribution in [2.75, 3.05) is 13.1 Å². The van der Waals surface area contributed by atoms with Gasteiger partial charge >= 0.3 is 0 Å². The smallest absolute Gasteiger partial charge is 0.256 e. The number of aromatic nitrogens is 2. The van der Waals surface area contributed by atoms with Crippen LogP contribution >= 0.6 is 0 Å². The van der Waals surface area contributed by atoms with Gasteiger partial charge in [0.05, 0.1) is 17.3 Å².